The molecule has 0 atom stereocenters. The molecule has 0 spiro atoms. The highest BCUT2D eigenvalue weighted by Gasteiger charge is 2.17. The van der Waals surface area contributed by atoms with Crippen LogP contribution in [0.3, 0.4) is 0 Å². The summed E-state index contributed by atoms with van der Waals surface area (Å²) in [7, 11) is 0. The molecular weight excluding hydrogens is 696 g/mol. The molecule has 0 fully saturated rings. The van der Waals surface area contributed by atoms with Gasteiger partial charge in [-0.05, 0) is 47.5 Å². The topological polar surface area (TPSA) is 155 Å². The van der Waals surface area contributed by atoms with Crippen LogP contribution in [0, 0.1) is 0 Å². The Bertz CT molecular complexity index is 1470. The number of carbonyl (C=O) groups excluding carboxylic acids is 2. The van der Waals surface area contributed by atoms with Crippen LogP contribution in [-0.4, -0.2) is 73.3 Å². The van der Waals surface area contributed by atoms with Gasteiger partial charge in [-0.3, -0.25) is 9.59 Å². The molecule has 0 aliphatic heterocycles. The van der Waals surface area contributed by atoms with Crippen molar-refractivity contribution in [3.8, 4) is 0 Å². The van der Waals surface area contributed by atoms with E-state index in [0.29, 0.717) is 24.6 Å². The largest absolute Gasteiger partial charge is 0.410 e. The number of nitrogens with one attached hydrogen (secondary N) is 4. The molecule has 0 radical (unpaired) electrons. The van der Waals surface area contributed by atoms with Gasteiger partial charge in [-0.2, -0.15) is 0 Å². The molecule has 2 amide bonds. The molecule has 4 rings (SSSR count). The summed E-state index contributed by atoms with van der Waals surface area (Å²) in [6.07, 6.45) is 4.03. The minimum Gasteiger partial charge on any atom is -0.410 e. The van der Waals surface area contributed by atoms with E-state index in [1.54, 1.807) is 23.5 Å². The monoisotopic (exact) mass is 722 g/mol. The predicted molar refractivity (Wildman–Crippen MR) is 174 cm³/mol. The number of hydrogen-bond donors (Lipinski definition) is 6. The molecule has 0 aliphatic carbocycles. The smallest absolute Gasteiger partial charge is 0.269 e. The number of benzene rings is 2. The summed E-state index contributed by atoms with van der Waals surface area (Å²) in [5, 5.41) is 33.5. The number of fused-ring (bicyclic) bond motifs is 2. The number of oxime groups is 2. The summed E-state index contributed by atoms with van der Waals surface area (Å²) in [4.78, 5) is 31.3. The quantitative estimate of drug-likeness (QED) is 0.0342. The van der Waals surface area contributed by atoms with E-state index < -0.39 is 11.8 Å². The third-order valence-corrected chi connectivity index (χ3v) is 9.48. The first-order chi connectivity index (χ1) is 19.9. The van der Waals surface area contributed by atoms with Crippen LogP contribution in [-0.2, 0) is 22.4 Å². The molecule has 0 aliphatic rings. The second kappa shape index (κ2) is 15.3. The van der Waals surface area contributed by atoms with Crippen molar-refractivity contribution in [3.05, 3.63) is 68.9 Å². The molecular formula is C27H28Br2N6O4S2. The first-order valence-electron chi connectivity index (χ1n) is 12.5. The summed E-state index contributed by atoms with van der Waals surface area (Å²) in [5.74, 6) is 0.557. The Balaban J connectivity index is 1.09. The van der Waals surface area contributed by atoms with E-state index in [9.17, 15) is 20.0 Å². The van der Waals surface area contributed by atoms with Crippen LogP contribution in [0.15, 0.2) is 68.0 Å². The van der Waals surface area contributed by atoms with Crippen molar-refractivity contribution < 1.29 is 20.0 Å². The first-order valence-corrected chi connectivity index (χ1v) is 16.4. The van der Waals surface area contributed by atoms with Crippen LogP contribution >= 0.6 is 55.4 Å². The third-order valence-electron chi connectivity index (χ3n) is 6.17. The Kier molecular flexibility index (Phi) is 11.6. The lowest BCUT2D eigenvalue weighted by Crippen LogP contribution is -2.34. The number of aromatic nitrogens is 2. The SMILES string of the molecule is O=C(NCCSCSCCNC(=O)/C(Cc1c[nH]c2ccc(Br)cc12)=N/O)/C(Cc1c[nH]c2ccc(Br)cc12)=N/O. The van der Waals surface area contributed by atoms with Crippen molar-refractivity contribution >= 4 is 100 Å². The maximum atomic E-state index is 12.5. The number of H-pyrrole nitrogens is 2. The number of aromatic amines is 2. The molecule has 0 saturated carbocycles. The van der Waals surface area contributed by atoms with Gasteiger partial charge < -0.3 is 31.0 Å². The lowest BCUT2D eigenvalue weighted by molar-refractivity contribution is -0.115. The fourth-order valence-corrected chi connectivity index (χ4v) is 6.76. The number of halogens is 2. The Labute approximate surface area is 261 Å². The highest BCUT2D eigenvalue weighted by atomic mass is 79.9. The molecule has 6 N–H and O–H groups in total. The Morgan fingerprint density at radius 1 is 0.756 bits per heavy atom. The average Bonchev–Trinajstić information content (AvgIpc) is 3.56. The van der Waals surface area contributed by atoms with Crippen LogP contribution in [0.25, 0.3) is 21.8 Å². The molecule has 0 bridgehead atoms. The van der Waals surface area contributed by atoms with Crippen LogP contribution in [0.5, 0.6) is 0 Å². The van der Waals surface area contributed by atoms with Crippen molar-refractivity contribution in [2.45, 2.75) is 12.8 Å². The lowest BCUT2D eigenvalue weighted by atomic mass is 10.1. The van der Waals surface area contributed by atoms with Gasteiger partial charge in [-0.1, -0.05) is 42.2 Å². The van der Waals surface area contributed by atoms with Gasteiger partial charge in [0, 0.05) is 85.7 Å². The maximum Gasteiger partial charge on any atom is 0.269 e. The van der Waals surface area contributed by atoms with E-state index in [1.807, 2.05) is 48.8 Å². The Morgan fingerprint density at radius 3 is 1.61 bits per heavy atom. The van der Waals surface area contributed by atoms with E-state index in [-0.39, 0.29) is 24.3 Å². The van der Waals surface area contributed by atoms with E-state index in [0.717, 1.165) is 47.0 Å². The van der Waals surface area contributed by atoms with Gasteiger partial charge in [-0.25, -0.2) is 0 Å². The number of nitrogens with zero attached hydrogens (tertiary/aromatic N) is 2. The molecule has 41 heavy (non-hydrogen) atoms. The maximum absolute atomic E-state index is 12.5. The zero-order valence-corrected chi connectivity index (χ0v) is 26.6. The second-order valence-electron chi connectivity index (χ2n) is 8.90. The summed E-state index contributed by atoms with van der Waals surface area (Å²) in [6, 6.07) is 11.6. The summed E-state index contributed by atoms with van der Waals surface area (Å²) in [6.45, 7) is 0.861. The van der Waals surface area contributed by atoms with Crippen molar-refractivity contribution in [2.75, 3.05) is 29.7 Å². The number of rotatable bonds is 14. The van der Waals surface area contributed by atoms with Crippen LogP contribution in [0.2, 0.25) is 0 Å². The molecule has 2 heterocycles. The fraction of sp³-hybridized carbons (Fsp3) is 0.259. The highest BCUT2D eigenvalue weighted by molar-refractivity contribution is 9.10. The van der Waals surface area contributed by atoms with Gasteiger partial charge >= 0.3 is 0 Å². The second-order valence-corrected chi connectivity index (χ2v) is 13.3. The summed E-state index contributed by atoms with van der Waals surface area (Å²) < 4.78 is 1.85. The van der Waals surface area contributed by atoms with Gasteiger partial charge in [0.15, 0.2) is 0 Å². The average molecular weight is 725 g/mol. The van der Waals surface area contributed by atoms with Crippen LogP contribution in [0.4, 0.5) is 0 Å². The molecule has 0 unspecified atom stereocenters. The van der Waals surface area contributed by atoms with Crippen molar-refractivity contribution in [3.63, 3.8) is 0 Å². The molecule has 2 aromatic carbocycles. The number of thioether (sulfide) groups is 2. The number of amides is 2. The fourth-order valence-electron chi connectivity index (χ4n) is 4.13. The number of hydrogen-bond acceptors (Lipinski definition) is 8. The van der Waals surface area contributed by atoms with E-state index in [1.165, 1.54) is 0 Å². The van der Waals surface area contributed by atoms with Gasteiger partial charge in [0.2, 0.25) is 0 Å². The summed E-state index contributed by atoms with van der Waals surface area (Å²) >= 11 is 10.2. The van der Waals surface area contributed by atoms with Crippen molar-refractivity contribution in [1.82, 2.24) is 20.6 Å². The standard InChI is InChI=1S/C27H28Br2N6O4S2/c28-18-1-3-22-20(11-18)16(13-32-22)9-24(34-38)26(36)30-5-7-40-15-41-8-6-31-27(37)25(35-39)10-17-14-33-23-4-2-19(29)12-21(17)23/h1-4,11-14,32-33,38-39H,5-10,15H2,(H,30,36)(H,31,37)/b34-24+,35-25+. The zero-order valence-electron chi connectivity index (χ0n) is 21.7. The predicted octanol–water partition coefficient (Wildman–Crippen LogP) is 5.28. The molecule has 14 heteroatoms. The first kappa shape index (κ1) is 31.0. The molecule has 2 aromatic heterocycles. The Morgan fingerprint density at radius 2 is 1.20 bits per heavy atom. The van der Waals surface area contributed by atoms with E-state index in [2.05, 4.69) is 62.8 Å². The van der Waals surface area contributed by atoms with E-state index in [4.69, 9.17) is 0 Å². The van der Waals surface area contributed by atoms with Gasteiger partial charge in [-0.15, -0.1) is 23.5 Å². The minimum atomic E-state index is -0.408. The minimum absolute atomic E-state index is 0.0457. The molecule has 4 aromatic rings. The van der Waals surface area contributed by atoms with Crippen LogP contribution < -0.4 is 10.6 Å². The van der Waals surface area contributed by atoms with Crippen molar-refractivity contribution in [2.24, 2.45) is 10.3 Å². The normalized spacial score (nSPS) is 12.2. The van der Waals surface area contributed by atoms with Gasteiger partial charge in [0.1, 0.15) is 11.4 Å². The third kappa shape index (κ3) is 8.53. The van der Waals surface area contributed by atoms with Crippen LogP contribution in [0.1, 0.15) is 11.1 Å². The van der Waals surface area contributed by atoms with E-state index >= 15 is 0 Å². The molecule has 10 nitrogen and oxygen atoms in total. The Hall–Kier alpha value is -2.94. The lowest BCUT2D eigenvalue weighted by Gasteiger charge is -2.08. The molecule has 0 saturated heterocycles. The number of carbonyl (C=O) groups is 2. The van der Waals surface area contributed by atoms with Gasteiger partial charge in [0.25, 0.3) is 11.8 Å². The summed E-state index contributed by atoms with van der Waals surface area (Å²) in [5.41, 5.74) is 3.70. The highest BCUT2D eigenvalue weighted by Crippen LogP contribution is 2.24. The molecule has 216 valence electrons. The zero-order chi connectivity index (χ0) is 29.2. The van der Waals surface area contributed by atoms with Gasteiger partial charge in [0.05, 0.1) is 0 Å². The van der Waals surface area contributed by atoms with Crippen molar-refractivity contribution in [1.29, 1.82) is 0 Å².